The van der Waals surface area contributed by atoms with Crippen molar-refractivity contribution in [3.63, 3.8) is 0 Å². The lowest BCUT2D eigenvalue weighted by Crippen LogP contribution is -2.35. The van der Waals surface area contributed by atoms with E-state index < -0.39 is 5.91 Å². The first-order chi connectivity index (χ1) is 11.6. The Bertz CT molecular complexity index is 671. The lowest BCUT2D eigenvalue weighted by molar-refractivity contribution is -0.137. The molecule has 0 saturated carbocycles. The monoisotopic (exact) mass is 329 g/mol. The van der Waals surface area contributed by atoms with Gasteiger partial charge >= 0.3 is 0 Å². The summed E-state index contributed by atoms with van der Waals surface area (Å²) in [6.45, 7) is 4.01. The molecule has 1 atom stereocenters. The van der Waals surface area contributed by atoms with E-state index in [2.05, 4.69) is 17.1 Å². The molecule has 0 radical (unpaired) electrons. The van der Waals surface area contributed by atoms with Crippen LogP contribution in [0.1, 0.15) is 19.8 Å². The Hall–Kier alpha value is -2.34. The highest BCUT2D eigenvalue weighted by molar-refractivity contribution is 6.17. The lowest BCUT2D eigenvalue weighted by Gasteiger charge is -2.34. The normalized spacial score (nSPS) is 21.2. The highest BCUT2D eigenvalue weighted by atomic mass is 16.3. The van der Waals surface area contributed by atoms with Crippen LogP contribution in [0.25, 0.3) is 0 Å². The Labute approximate surface area is 141 Å². The number of aliphatic hydroxyl groups is 1. The average Bonchev–Trinajstić information content (AvgIpc) is 2.83. The van der Waals surface area contributed by atoms with Gasteiger partial charge in [-0.1, -0.05) is 19.1 Å². The van der Waals surface area contributed by atoms with Crippen molar-refractivity contribution < 1.29 is 14.7 Å². The second kappa shape index (κ2) is 7.05. The zero-order valence-corrected chi connectivity index (χ0v) is 13.9. The number of piperidine rings is 1. The maximum absolute atomic E-state index is 12.3. The van der Waals surface area contributed by atoms with E-state index in [1.807, 2.05) is 24.3 Å². The van der Waals surface area contributed by atoms with E-state index >= 15 is 0 Å². The van der Waals surface area contributed by atoms with Crippen molar-refractivity contribution in [2.24, 2.45) is 5.92 Å². The minimum absolute atomic E-state index is 0.0185. The number of carbonyl (C=O) groups is 2. The van der Waals surface area contributed by atoms with Crippen molar-refractivity contribution in [3.8, 4) is 0 Å². The predicted octanol–water partition coefficient (Wildman–Crippen LogP) is 1.58. The van der Waals surface area contributed by atoms with Gasteiger partial charge < -0.3 is 15.3 Å². The highest BCUT2D eigenvalue weighted by Gasteiger charge is 2.31. The van der Waals surface area contributed by atoms with Crippen LogP contribution in [-0.4, -0.2) is 48.1 Å². The molecule has 0 spiro atoms. The van der Waals surface area contributed by atoms with E-state index in [1.54, 1.807) is 0 Å². The fourth-order valence-electron chi connectivity index (χ4n) is 3.32. The van der Waals surface area contributed by atoms with Gasteiger partial charge in [-0.2, -0.15) is 0 Å². The van der Waals surface area contributed by atoms with Gasteiger partial charge in [0.15, 0.2) is 0 Å². The number of hydrogen-bond donors (Lipinski definition) is 2. The molecule has 6 nitrogen and oxygen atoms in total. The average molecular weight is 329 g/mol. The number of para-hydroxylation sites is 2. The van der Waals surface area contributed by atoms with Gasteiger partial charge in [0.2, 0.25) is 0 Å². The van der Waals surface area contributed by atoms with E-state index in [0.717, 1.165) is 35.8 Å². The molecule has 3 rings (SSSR count). The Kier molecular flexibility index (Phi) is 4.85. The molecule has 2 aliphatic heterocycles. The number of aliphatic hydroxyl groups excluding tert-OH is 1. The minimum Gasteiger partial charge on any atom is -0.395 e. The second-order valence-corrected chi connectivity index (χ2v) is 6.41. The number of carbonyl (C=O) groups excluding carboxylic acids is 2. The number of nitrogens with zero attached hydrogens (tertiary/aromatic N) is 2. The molecule has 0 aliphatic carbocycles. The summed E-state index contributed by atoms with van der Waals surface area (Å²) in [5, 5.41) is 12.1. The van der Waals surface area contributed by atoms with Gasteiger partial charge in [0.05, 0.1) is 24.5 Å². The molecular formula is C18H23N3O3. The number of benzene rings is 1. The highest BCUT2D eigenvalue weighted by Crippen LogP contribution is 2.31. The van der Waals surface area contributed by atoms with Crippen LogP contribution >= 0.6 is 0 Å². The van der Waals surface area contributed by atoms with Crippen LogP contribution in [-0.2, 0) is 9.59 Å². The second-order valence-electron chi connectivity index (χ2n) is 6.41. The molecule has 1 aromatic carbocycles. The quantitative estimate of drug-likeness (QED) is 0.803. The Morgan fingerprint density at radius 3 is 2.83 bits per heavy atom. The lowest BCUT2D eigenvalue weighted by atomic mass is 9.99. The molecule has 6 heteroatoms. The molecule has 2 amide bonds. The minimum atomic E-state index is -0.393. The molecule has 1 aromatic rings. The van der Waals surface area contributed by atoms with Gasteiger partial charge in [-0.05, 0) is 30.9 Å². The van der Waals surface area contributed by atoms with Crippen molar-refractivity contribution >= 4 is 23.2 Å². The van der Waals surface area contributed by atoms with E-state index in [-0.39, 0.29) is 24.8 Å². The maximum Gasteiger partial charge on any atom is 0.277 e. The number of hydrogen-bond acceptors (Lipinski definition) is 5. The van der Waals surface area contributed by atoms with Crippen LogP contribution in [0, 0.1) is 5.92 Å². The van der Waals surface area contributed by atoms with Crippen LogP contribution < -0.4 is 10.2 Å². The Morgan fingerprint density at radius 1 is 1.29 bits per heavy atom. The summed E-state index contributed by atoms with van der Waals surface area (Å²) in [6, 6.07) is 7.84. The third-order valence-electron chi connectivity index (χ3n) is 4.50. The molecule has 2 N–H and O–H groups in total. The summed E-state index contributed by atoms with van der Waals surface area (Å²) < 4.78 is 0. The first kappa shape index (κ1) is 16.5. The van der Waals surface area contributed by atoms with Crippen molar-refractivity contribution in [2.75, 3.05) is 36.5 Å². The third kappa shape index (κ3) is 3.28. The predicted molar refractivity (Wildman–Crippen MR) is 92.6 cm³/mol. The first-order valence-electron chi connectivity index (χ1n) is 8.39. The van der Waals surface area contributed by atoms with Crippen LogP contribution in [0.2, 0.25) is 0 Å². The number of anilines is 2. The Morgan fingerprint density at radius 2 is 2.08 bits per heavy atom. The van der Waals surface area contributed by atoms with Crippen molar-refractivity contribution in [1.29, 1.82) is 0 Å². The van der Waals surface area contributed by atoms with Crippen LogP contribution in [0.5, 0.6) is 0 Å². The summed E-state index contributed by atoms with van der Waals surface area (Å²) in [5.74, 6) is -0.141. The van der Waals surface area contributed by atoms with Gasteiger partial charge in [-0.15, -0.1) is 0 Å². The molecule has 2 aliphatic rings. The zero-order valence-electron chi connectivity index (χ0n) is 13.9. The zero-order chi connectivity index (χ0) is 17.1. The molecule has 0 bridgehead atoms. The van der Waals surface area contributed by atoms with Crippen molar-refractivity contribution in [3.05, 3.63) is 36.0 Å². The largest absolute Gasteiger partial charge is 0.395 e. The maximum atomic E-state index is 12.3. The number of rotatable bonds is 5. The van der Waals surface area contributed by atoms with Gasteiger partial charge in [-0.3, -0.25) is 14.5 Å². The molecule has 1 saturated heterocycles. The fraction of sp³-hybridized carbons (Fsp3) is 0.444. The topological polar surface area (TPSA) is 72.9 Å². The molecule has 2 heterocycles. The third-order valence-corrected chi connectivity index (χ3v) is 4.50. The summed E-state index contributed by atoms with van der Waals surface area (Å²) in [7, 11) is 0. The number of imide groups is 1. The molecule has 1 fully saturated rings. The summed E-state index contributed by atoms with van der Waals surface area (Å²) in [6.07, 6.45) is 3.69. The van der Waals surface area contributed by atoms with Gasteiger partial charge in [0.25, 0.3) is 11.8 Å². The molecule has 0 aromatic heterocycles. The van der Waals surface area contributed by atoms with Crippen LogP contribution in [0.3, 0.4) is 0 Å². The summed E-state index contributed by atoms with van der Waals surface area (Å²) in [4.78, 5) is 27.5. The van der Waals surface area contributed by atoms with Gasteiger partial charge in [0.1, 0.15) is 5.70 Å². The van der Waals surface area contributed by atoms with Crippen LogP contribution in [0.4, 0.5) is 11.4 Å². The first-order valence-corrected chi connectivity index (χ1v) is 8.39. The van der Waals surface area contributed by atoms with Gasteiger partial charge in [-0.25, -0.2) is 0 Å². The Balaban J connectivity index is 1.80. The van der Waals surface area contributed by atoms with E-state index in [4.69, 9.17) is 5.11 Å². The molecular weight excluding hydrogens is 306 g/mol. The molecule has 128 valence electrons. The smallest absolute Gasteiger partial charge is 0.277 e. The fourth-order valence-corrected chi connectivity index (χ4v) is 3.32. The van der Waals surface area contributed by atoms with E-state index in [9.17, 15) is 9.59 Å². The number of amides is 2. The van der Waals surface area contributed by atoms with E-state index in [0.29, 0.717) is 5.92 Å². The summed E-state index contributed by atoms with van der Waals surface area (Å²) in [5.41, 5.74) is 2.13. The van der Waals surface area contributed by atoms with Crippen molar-refractivity contribution in [2.45, 2.75) is 19.8 Å². The SMILES string of the molecule is CC1CCCN(c2ccccc2NC2=CC(=O)N(CCO)C2=O)C1. The van der Waals surface area contributed by atoms with Crippen molar-refractivity contribution in [1.82, 2.24) is 4.90 Å². The number of nitrogens with one attached hydrogen (secondary N) is 1. The van der Waals surface area contributed by atoms with Gasteiger partial charge in [0, 0.05) is 19.2 Å². The van der Waals surface area contributed by atoms with E-state index in [1.165, 1.54) is 12.5 Å². The van der Waals surface area contributed by atoms with Crippen LogP contribution in [0.15, 0.2) is 36.0 Å². The number of β-amino-alcohol motifs (C(OH)–C–C–N with tert-alkyl or cyclic N) is 1. The standard InChI is InChI=1S/C18H23N3O3/c1-13-5-4-8-20(12-13)16-7-3-2-6-14(16)19-15-11-17(23)21(9-10-22)18(15)24/h2-3,6-7,11,13,19,22H,4-5,8-10,12H2,1H3. The summed E-state index contributed by atoms with van der Waals surface area (Å²) >= 11 is 0. The molecule has 1 unspecified atom stereocenters. The molecule has 24 heavy (non-hydrogen) atoms.